The van der Waals surface area contributed by atoms with Crippen molar-refractivity contribution in [1.82, 2.24) is 10.2 Å². The van der Waals surface area contributed by atoms with Crippen LogP contribution in [-0.4, -0.2) is 45.7 Å². The smallest absolute Gasteiger partial charge is 0.255 e. The van der Waals surface area contributed by atoms with Crippen LogP contribution in [0.1, 0.15) is 40.5 Å². The average Bonchev–Trinajstić information content (AvgIpc) is 3.53. The number of amides is 2. The SMILES string of the molecule is O=C(NCc1cc(Cc2ccccc2F)cs1)[C@H](O)[C@@H](O)C(=O)N1CCC[C@H]1c1ccc(F)cc1. The van der Waals surface area contributed by atoms with E-state index < -0.39 is 24.0 Å². The molecule has 0 saturated carbocycles. The van der Waals surface area contributed by atoms with Crippen molar-refractivity contribution in [3.63, 3.8) is 0 Å². The zero-order chi connectivity index (χ0) is 24.9. The van der Waals surface area contributed by atoms with Crippen molar-refractivity contribution in [1.29, 1.82) is 0 Å². The molecule has 6 nitrogen and oxygen atoms in total. The highest BCUT2D eigenvalue weighted by molar-refractivity contribution is 7.10. The van der Waals surface area contributed by atoms with Crippen molar-refractivity contribution in [2.45, 2.75) is 44.1 Å². The van der Waals surface area contributed by atoms with Gasteiger partial charge in [0.15, 0.2) is 12.2 Å². The predicted octanol–water partition coefficient (Wildman–Crippen LogP) is 3.32. The number of aliphatic hydroxyl groups is 2. The molecule has 1 saturated heterocycles. The van der Waals surface area contributed by atoms with Crippen LogP contribution in [0.4, 0.5) is 8.78 Å². The molecule has 1 fully saturated rings. The summed E-state index contributed by atoms with van der Waals surface area (Å²) in [6.07, 6.45) is -2.11. The van der Waals surface area contributed by atoms with Crippen molar-refractivity contribution in [2.75, 3.05) is 6.54 Å². The summed E-state index contributed by atoms with van der Waals surface area (Å²) in [5, 5.41) is 25.1. The van der Waals surface area contributed by atoms with Crippen LogP contribution in [0.3, 0.4) is 0 Å². The molecular formula is C26H26F2N2O4S. The van der Waals surface area contributed by atoms with Gasteiger partial charge in [-0.05, 0) is 59.2 Å². The van der Waals surface area contributed by atoms with Crippen LogP contribution in [0, 0.1) is 11.6 Å². The lowest BCUT2D eigenvalue weighted by atomic mass is 10.0. The zero-order valence-corrected chi connectivity index (χ0v) is 19.7. The van der Waals surface area contributed by atoms with Crippen LogP contribution >= 0.6 is 11.3 Å². The Morgan fingerprint density at radius 2 is 1.83 bits per heavy atom. The Kier molecular flexibility index (Phi) is 7.90. The van der Waals surface area contributed by atoms with E-state index in [9.17, 15) is 28.6 Å². The molecule has 9 heteroatoms. The van der Waals surface area contributed by atoms with Crippen LogP contribution in [0.25, 0.3) is 0 Å². The van der Waals surface area contributed by atoms with Gasteiger partial charge in [-0.1, -0.05) is 30.3 Å². The molecule has 0 aliphatic carbocycles. The normalized spacial score (nSPS) is 17.3. The van der Waals surface area contributed by atoms with Gasteiger partial charge >= 0.3 is 0 Å². The highest BCUT2D eigenvalue weighted by Crippen LogP contribution is 2.32. The first-order valence-electron chi connectivity index (χ1n) is 11.3. The lowest BCUT2D eigenvalue weighted by Gasteiger charge is -2.28. The molecule has 0 spiro atoms. The molecular weight excluding hydrogens is 474 g/mol. The molecule has 3 atom stereocenters. The number of carbonyl (C=O) groups excluding carboxylic acids is 2. The number of likely N-dealkylation sites (tertiary alicyclic amines) is 1. The first-order valence-corrected chi connectivity index (χ1v) is 12.2. The molecule has 3 aromatic rings. The number of benzene rings is 2. The summed E-state index contributed by atoms with van der Waals surface area (Å²) in [5.74, 6) is -2.29. The van der Waals surface area contributed by atoms with Gasteiger partial charge in [0.1, 0.15) is 11.6 Å². The Morgan fingerprint density at radius 1 is 1.09 bits per heavy atom. The predicted molar refractivity (Wildman–Crippen MR) is 127 cm³/mol. The molecule has 35 heavy (non-hydrogen) atoms. The molecule has 4 rings (SSSR count). The van der Waals surface area contributed by atoms with E-state index in [1.807, 2.05) is 11.4 Å². The van der Waals surface area contributed by atoms with Crippen molar-refractivity contribution in [2.24, 2.45) is 0 Å². The molecule has 3 N–H and O–H groups in total. The van der Waals surface area contributed by atoms with Crippen molar-refractivity contribution in [3.05, 3.63) is 93.2 Å². The molecule has 1 aliphatic rings. The third-order valence-corrected chi connectivity index (χ3v) is 7.09. The maximum absolute atomic E-state index is 13.9. The molecule has 0 bridgehead atoms. The van der Waals surface area contributed by atoms with Crippen LogP contribution in [0.15, 0.2) is 60.0 Å². The number of hydrogen-bond donors (Lipinski definition) is 3. The number of thiophene rings is 1. The summed E-state index contributed by atoms with van der Waals surface area (Å²) in [4.78, 5) is 27.5. The number of aliphatic hydroxyl groups excluding tert-OH is 2. The van der Waals surface area contributed by atoms with E-state index >= 15 is 0 Å². The number of halogens is 2. The Bertz CT molecular complexity index is 1180. The first-order chi connectivity index (χ1) is 16.8. The maximum atomic E-state index is 13.9. The summed E-state index contributed by atoms with van der Waals surface area (Å²) in [5.41, 5.74) is 2.19. The number of nitrogens with one attached hydrogen (secondary N) is 1. The molecule has 2 amide bonds. The monoisotopic (exact) mass is 500 g/mol. The second-order valence-electron chi connectivity index (χ2n) is 8.54. The van der Waals surface area contributed by atoms with Crippen LogP contribution in [0.2, 0.25) is 0 Å². The van der Waals surface area contributed by atoms with Gasteiger partial charge < -0.3 is 20.4 Å². The van der Waals surface area contributed by atoms with Gasteiger partial charge in [-0.15, -0.1) is 11.3 Å². The van der Waals surface area contributed by atoms with Gasteiger partial charge in [0.2, 0.25) is 0 Å². The Labute approximate surface area is 205 Å². The standard InChI is InChI=1S/C26H26F2N2O4S/c27-19-9-7-17(8-10-19)22-6-3-11-30(22)26(34)24(32)23(31)25(33)29-14-20-13-16(15-35-20)12-18-4-1-2-5-21(18)28/h1-2,4-5,7-10,13,15,22-24,31-32H,3,6,11-12,14H2,(H,29,33)/t22-,23+,24+/m0/s1. The molecule has 0 radical (unpaired) electrons. The fraction of sp³-hybridized carbons (Fsp3) is 0.308. The number of hydrogen-bond acceptors (Lipinski definition) is 5. The summed E-state index contributed by atoms with van der Waals surface area (Å²) in [6.45, 7) is 0.465. The molecule has 1 aromatic heterocycles. The van der Waals surface area contributed by atoms with Crippen LogP contribution in [0.5, 0.6) is 0 Å². The molecule has 2 aromatic carbocycles. The van der Waals surface area contributed by atoms with Gasteiger partial charge in [0.25, 0.3) is 11.8 Å². The largest absolute Gasteiger partial charge is 0.380 e. The van der Waals surface area contributed by atoms with Crippen molar-refractivity contribution >= 4 is 23.2 Å². The minimum Gasteiger partial charge on any atom is -0.380 e. The Morgan fingerprint density at radius 3 is 2.57 bits per heavy atom. The first kappa shape index (κ1) is 25.0. The number of nitrogens with zero attached hydrogens (tertiary/aromatic N) is 1. The van der Waals surface area contributed by atoms with Gasteiger partial charge in [0.05, 0.1) is 12.6 Å². The van der Waals surface area contributed by atoms with Gasteiger partial charge in [-0.3, -0.25) is 9.59 Å². The van der Waals surface area contributed by atoms with Crippen LogP contribution in [-0.2, 0) is 22.6 Å². The summed E-state index contributed by atoms with van der Waals surface area (Å²) in [6, 6.07) is 13.8. The van der Waals surface area contributed by atoms with Gasteiger partial charge in [-0.25, -0.2) is 8.78 Å². The van der Waals surface area contributed by atoms with Gasteiger partial charge in [0, 0.05) is 17.8 Å². The van der Waals surface area contributed by atoms with E-state index in [0.717, 1.165) is 16.0 Å². The lowest BCUT2D eigenvalue weighted by Crippen LogP contribution is -2.50. The quantitative estimate of drug-likeness (QED) is 0.443. The number of rotatable bonds is 8. The molecule has 0 unspecified atom stereocenters. The van der Waals surface area contributed by atoms with Crippen molar-refractivity contribution in [3.8, 4) is 0 Å². The van der Waals surface area contributed by atoms with E-state index in [4.69, 9.17) is 0 Å². The highest BCUT2D eigenvalue weighted by atomic mass is 32.1. The lowest BCUT2D eigenvalue weighted by molar-refractivity contribution is -0.153. The van der Waals surface area contributed by atoms with E-state index in [2.05, 4.69) is 5.32 Å². The highest BCUT2D eigenvalue weighted by Gasteiger charge is 2.38. The zero-order valence-electron chi connectivity index (χ0n) is 18.9. The second-order valence-corrected chi connectivity index (χ2v) is 9.53. The molecule has 1 aliphatic heterocycles. The second kappa shape index (κ2) is 11.1. The Hall–Kier alpha value is -3.14. The minimum atomic E-state index is -1.94. The Balaban J connectivity index is 1.32. The topological polar surface area (TPSA) is 89.9 Å². The fourth-order valence-electron chi connectivity index (χ4n) is 4.26. The van der Waals surface area contributed by atoms with E-state index in [1.54, 1.807) is 30.3 Å². The van der Waals surface area contributed by atoms with E-state index in [1.165, 1.54) is 34.4 Å². The fourth-order valence-corrected chi connectivity index (χ4v) is 5.09. The van der Waals surface area contributed by atoms with Crippen LogP contribution < -0.4 is 5.32 Å². The summed E-state index contributed by atoms with van der Waals surface area (Å²) >= 11 is 1.38. The average molecular weight is 501 g/mol. The van der Waals surface area contributed by atoms with Crippen molar-refractivity contribution < 1.29 is 28.6 Å². The van der Waals surface area contributed by atoms with E-state index in [0.29, 0.717) is 31.4 Å². The molecule has 2 heterocycles. The van der Waals surface area contributed by atoms with Gasteiger partial charge in [-0.2, -0.15) is 0 Å². The maximum Gasteiger partial charge on any atom is 0.255 e. The third-order valence-electron chi connectivity index (χ3n) is 6.11. The summed E-state index contributed by atoms with van der Waals surface area (Å²) < 4.78 is 27.1. The third kappa shape index (κ3) is 5.93. The molecule has 184 valence electrons. The minimum absolute atomic E-state index is 0.0979. The van der Waals surface area contributed by atoms with E-state index in [-0.39, 0.29) is 24.2 Å². The summed E-state index contributed by atoms with van der Waals surface area (Å²) in [7, 11) is 0. The number of carbonyl (C=O) groups is 2.